The first kappa shape index (κ1) is 22.8. The molecule has 0 unspecified atom stereocenters. The molecule has 0 aliphatic carbocycles. The molecular weight excluding hydrogens is 456 g/mol. The lowest BCUT2D eigenvalue weighted by atomic mass is 9.91. The van der Waals surface area contributed by atoms with Gasteiger partial charge in [0.1, 0.15) is 5.75 Å². The molecule has 1 saturated heterocycles. The van der Waals surface area contributed by atoms with Crippen LogP contribution in [0.2, 0.25) is 0 Å². The quantitative estimate of drug-likeness (QED) is 0.486. The number of aliphatic hydroxyl groups is 1. The number of nitrogens with one attached hydrogen (secondary N) is 2. The van der Waals surface area contributed by atoms with Gasteiger partial charge in [0, 0.05) is 48.4 Å². The summed E-state index contributed by atoms with van der Waals surface area (Å²) >= 11 is 0. The van der Waals surface area contributed by atoms with E-state index in [4.69, 9.17) is 4.74 Å². The minimum atomic E-state index is -3.86. The largest absolute Gasteiger partial charge is 0.493 e. The number of ether oxygens (including phenoxy) is 1. The molecule has 0 spiro atoms. The van der Waals surface area contributed by atoms with E-state index in [0.717, 1.165) is 40.2 Å². The van der Waals surface area contributed by atoms with Gasteiger partial charge in [0.15, 0.2) is 0 Å². The normalized spacial score (nSPS) is 18.6. The Kier molecular flexibility index (Phi) is 5.58. The summed E-state index contributed by atoms with van der Waals surface area (Å²) in [5.74, 6) is 0.806. The van der Waals surface area contributed by atoms with Crippen molar-refractivity contribution in [1.82, 2.24) is 24.5 Å². The number of aromatic nitrogens is 4. The van der Waals surface area contributed by atoms with Gasteiger partial charge in [0.2, 0.25) is 5.95 Å². The van der Waals surface area contributed by atoms with Crippen molar-refractivity contribution in [3.05, 3.63) is 41.7 Å². The number of pyridine rings is 1. The molecule has 34 heavy (non-hydrogen) atoms. The molecular formula is C23H28N6O4S. The molecule has 180 valence electrons. The summed E-state index contributed by atoms with van der Waals surface area (Å²) in [6.45, 7) is 6.48. The van der Waals surface area contributed by atoms with Gasteiger partial charge in [-0.15, -0.1) is 5.10 Å². The summed E-state index contributed by atoms with van der Waals surface area (Å²) in [5.41, 5.74) is 3.62. The minimum Gasteiger partial charge on any atom is -0.493 e. The van der Waals surface area contributed by atoms with Gasteiger partial charge in [-0.2, -0.15) is 9.29 Å². The number of anilines is 2. The van der Waals surface area contributed by atoms with Gasteiger partial charge in [-0.1, -0.05) is 0 Å². The molecule has 1 aromatic carbocycles. The molecule has 4 heterocycles. The number of aromatic amines is 1. The molecule has 2 aliphatic heterocycles. The average molecular weight is 485 g/mol. The Morgan fingerprint density at radius 3 is 2.85 bits per heavy atom. The van der Waals surface area contributed by atoms with Gasteiger partial charge in [-0.05, 0) is 57.0 Å². The highest BCUT2D eigenvalue weighted by Gasteiger charge is 2.40. The Labute approximate surface area is 198 Å². The monoisotopic (exact) mass is 484 g/mol. The molecule has 1 fully saturated rings. The number of fused-ring (bicyclic) bond motifs is 1. The number of benzene rings is 1. The summed E-state index contributed by atoms with van der Waals surface area (Å²) in [6, 6.07) is 7.82. The van der Waals surface area contributed by atoms with Crippen molar-refractivity contribution in [2.75, 3.05) is 25.0 Å². The smallest absolute Gasteiger partial charge is 0.278 e. The summed E-state index contributed by atoms with van der Waals surface area (Å²) < 4.78 is 33.4. The van der Waals surface area contributed by atoms with Crippen molar-refractivity contribution in [2.24, 2.45) is 5.92 Å². The SMILES string of the molecule is Cc1cc(-c2ccc3c(c2Nc2n[nH]c(S(=O)(=O)N4CC[C@H](C(C)(C)O)C4)n2)CCO3)ccn1. The van der Waals surface area contributed by atoms with Crippen molar-refractivity contribution in [3.63, 3.8) is 0 Å². The summed E-state index contributed by atoms with van der Waals surface area (Å²) in [5, 5.41) is 20.0. The fraction of sp³-hybridized carbons (Fsp3) is 0.435. The Morgan fingerprint density at radius 2 is 2.12 bits per heavy atom. The van der Waals surface area contributed by atoms with Crippen molar-refractivity contribution in [1.29, 1.82) is 0 Å². The molecule has 0 amide bonds. The number of aryl methyl sites for hydroxylation is 1. The Hall–Kier alpha value is -3.02. The predicted octanol–water partition coefficient (Wildman–Crippen LogP) is 2.64. The zero-order valence-corrected chi connectivity index (χ0v) is 20.2. The number of H-pyrrole nitrogens is 1. The lowest BCUT2D eigenvalue weighted by Crippen LogP contribution is -2.35. The van der Waals surface area contributed by atoms with Crippen LogP contribution in [0.5, 0.6) is 5.75 Å². The fourth-order valence-corrected chi connectivity index (χ4v) is 5.88. The molecule has 3 N–H and O–H groups in total. The minimum absolute atomic E-state index is 0.138. The molecule has 0 saturated carbocycles. The zero-order valence-electron chi connectivity index (χ0n) is 19.4. The van der Waals surface area contributed by atoms with Crippen LogP contribution < -0.4 is 10.1 Å². The third-order valence-corrected chi connectivity index (χ3v) is 8.21. The van der Waals surface area contributed by atoms with Crippen LogP contribution in [0.1, 0.15) is 31.5 Å². The lowest BCUT2D eigenvalue weighted by molar-refractivity contribution is 0.0236. The van der Waals surface area contributed by atoms with Gasteiger partial charge in [-0.25, -0.2) is 13.5 Å². The Morgan fingerprint density at radius 1 is 1.29 bits per heavy atom. The van der Waals surface area contributed by atoms with Gasteiger partial charge < -0.3 is 15.2 Å². The Bertz CT molecular complexity index is 1330. The Balaban J connectivity index is 1.45. The van der Waals surface area contributed by atoms with Gasteiger partial charge in [0.05, 0.1) is 17.9 Å². The summed E-state index contributed by atoms with van der Waals surface area (Å²) in [6.07, 6.45) is 3.07. The number of nitrogens with zero attached hydrogens (tertiary/aromatic N) is 4. The van der Waals surface area contributed by atoms with Crippen LogP contribution in [0.25, 0.3) is 11.1 Å². The van der Waals surface area contributed by atoms with Gasteiger partial charge in [0.25, 0.3) is 15.2 Å². The maximum absolute atomic E-state index is 13.1. The summed E-state index contributed by atoms with van der Waals surface area (Å²) in [7, 11) is -3.86. The standard InChI is InChI=1S/C23H28N6O4S/c1-14-12-15(6-9-24-14)17-4-5-19-18(8-11-33-19)20(17)25-21-26-22(28-27-21)34(31,32)29-10-7-16(13-29)23(2,3)30/h4-6,9,12,16,30H,7-8,10-11,13H2,1-3H3,(H2,25,26,27,28)/t16-/m0/s1. The highest BCUT2D eigenvalue weighted by molar-refractivity contribution is 7.89. The first-order chi connectivity index (χ1) is 16.1. The van der Waals surface area contributed by atoms with E-state index in [9.17, 15) is 13.5 Å². The molecule has 10 nitrogen and oxygen atoms in total. The van der Waals surface area contributed by atoms with Crippen LogP contribution in [0.3, 0.4) is 0 Å². The van der Waals surface area contributed by atoms with E-state index < -0.39 is 15.6 Å². The predicted molar refractivity (Wildman–Crippen MR) is 126 cm³/mol. The van der Waals surface area contributed by atoms with Crippen molar-refractivity contribution < 1.29 is 18.3 Å². The van der Waals surface area contributed by atoms with Crippen LogP contribution in [0, 0.1) is 12.8 Å². The average Bonchev–Trinajstić information content (AvgIpc) is 3.53. The molecule has 2 aliphatic rings. The van der Waals surface area contributed by atoms with E-state index in [1.54, 1.807) is 20.0 Å². The second-order valence-corrected chi connectivity index (χ2v) is 11.2. The number of sulfonamides is 1. The number of hydrogen-bond donors (Lipinski definition) is 3. The maximum Gasteiger partial charge on any atom is 0.278 e. The van der Waals surface area contributed by atoms with Crippen LogP contribution in [0.4, 0.5) is 11.6 Å². The van der Waals surface area contributed by atoms with Crippen molar-refractivity contribution in [3.8, 4) is 16.9 Å². The zero-order chi connectivity index (χ0) is 24.1. The van der Waals surface area contributed by atoms with Crippen LogP contribution in [-0.2, 0) is 16.4 Å². The van der Waals surface area contributed by atoms with Crippen LogP contribution in [0.15, 0.2) is 35.6 Å². The number of rotatable bonds is 6. The third kappa shape index (κ3) is 4.15. The van der Waals surface area contributed by atoms with E-state index in [1.165, 1.54) is 4.31 Å². The second kappa shape index (κ2) is 8.33. The lowest BCUT2D eigenvalue weighted by Gasteiger charge is -2.25. The van der Waals surface area contributed by atoms with E-state index >= 15 is 0 Å². The topological polar surface area (TPSA) is 133 Å². The number of hydrogen-bond acceptors (Lipinski definition) is 8. The maximum atomic E-state index is 13.1. The van der Waals surface area contributed by atoms with Crippen molar-refractivity contribution in [2.45, 2.75) is 44.4 Å². The molecule has 1 atom stereocenters. The first-order valence-electron chi connectivity index (χ1n) is 11.3. The molecule has 11 heteroatoms. The fourth-order valence-electron chi connectivity index (χ4n) is 4.55. The van der Waals surface area contributed by atoms with E-state index in [0.29, 0.717) is 19.6 Å². The molecule has 3 aromatic rings. The molecule has 0 bridgehead atoms. The van der Waals surface area contributed by atoms with E-state index in [-0.39, 0.29) is 23.6 Å². The highest BCUT2D eigenvalue weighted by atomic mass is 32.2. The molecule has 5 rings (SSSR count). The van der Waals surface area contributed by atoms with Gasteiger partial charge in [-0.3, -0.25) is 4.98 Å². The second-order valence-electron chi connectivity index (χ2n) is 9.34. The van der Waals surface area contributed by atoms with Crippen LogP contribution in [-0.4, -0.2) is 63.3 Å². The molecule has 2 aromatic heterocycles. The van der Waals surface area contributed by atoms with Gasteiger partial charge >= 0.3 is 0 Å². The molecule has 0 radical (unpaired) electrons. The third-order valence-electron chi connectivity index (χ3n) is 6.52. The van der Waals surface area contributed by atoms with E-state index in [1.807, 2.05) is 31.2 Å². The van der Waals surface area contributed by atoms with Crippen LogP contribution >= 0.6 is 0 Å². The summed E-state index contributed by atoms with van der Waals surface area (Å²) in [4.78, 5) is 8.54. The highest BCUT2D eigenvalue weighted by Crippen LogP contribution is 2.40. The van der Waals surface area contributed by atoms with Crippen molar-refractivity contribution >= 4 is 21.7 Å². The first-order valence-corrected chi connectivity index (χ1v) is 12.7. The van der Waals surface area contributed by atoms with E-state index in [2.05, 4.69) is 25.5 Å².